The summed E-state index contributed by atoms with van der Waals surface area (Å²) in [6.07, 6.45) is 3.17. The Balaban J connectivity index is 2.09. The van der Waals surface area contributed by atoms with E-state index in [1.165, 1.54) is 5.01 Å². The lowest BCUT2D eigenvalue weighted by atomic mass is 10.1. The van der Waals surface area contributed by atoms with Crippen LogP contribution in [0.1, 0.15) is 57.3 Å². The van der Waals surface area contributed by atoms with Gasteiger partial charge in [0.2, 0.25) is 0 Å². The Bertz CT molecular complexity index is 851. The second-order valence-corrected chi connectivity index (χ2v) is 8.35. The van der Waals surface area contributed by atoms with Crippen LogP contribution in [0.2, 0.25) is 5.02 Å². The molecule has 0 aromatic heterocycles. The topological polar surface area (TPSA) is 70.7 Å². The molecule has 0 fully saturated rings. The average molecular weight is 432 g/mol. The number of nitrogens with one attached hydrogen (secondary N) is 2. The van der Waals surface area contributed by atoms with Crippen LogP contribution >= 0.6 is 11.6 Å². The third-order valence-electron chi connectivity index (χ3n) is 4.31. The number of amides is 3. The Morgan fingerprint density at radius 2 is 1.77 bits per heavy atom. The van der Waals surface area contributed by atoms with Crippen molar-refractivity contribution in [3.63, 3.8) is 0 Å². The van der Waals surface area contributed by atoms with Crippen molar-refractivity contribution in [2.24, 2.45) is 0 Å². The molecule has 0 bridgehead atoms. The summed E-state index contributed by atoms with van der Waals surface area (Å²) in [5.74, 6) is 0.316. The number of benzene rings is 2. The SMILES string of the molecule is CCCCCOc1ccc(Cl)c(NC(=O)NN(C(=O)c2ccccc2)C(C)(C)C)c1. The van der Waals surface area contributed by atoms with E-state index in [0.717, 1.165) is 19.3 Å². The minimum atomic E-state index is -0.641. The number of ether oxygens (including phenoxy) is 1. The summed E-state index contributed by atoms with van der Waals surface area (Å²) in [5, 5.41) is 4.39. The molecule has 2 rings (SSSR count). The highest BCUT2D eigenvalue weighted by Crippen LogP contribution is 2.27. The smallest absolute Gasteiger partial charge is 0.338 e. The lowest BCUT2D eigenvalue weighted by Gasteiger charge is -2.35. The summed E-state index contributed by atoms with van der Waals surface area (Å²) < 4.78 is 5.72. The number of halogens is 1. The molecule has 30 heavy (non-hydrogen) atoms. The summed E-state index contributed by atoms with van der Waals surface area (Å²) in [7, 11) is 0. The molecule has 0 atom stereocenters. The molecular formula is C23H30ClN3O3. The predicted octanol–water partition coefficient (Wildman–Crippen LogP) is 5.89. The summed E-state index contributed by atoms with van der Waals surface area (Å²) in [4.78, 5) is 25.6. The van der Waals surface area contributed by atoms with Gasteiger partial charge in [-0.25, -0.2) is 15.2 Å². The van der Waals surface area contributed by atoms with Crippen molar-refractivity contribution in [1.82, 2.24) is 10.4 Å². The Morgan fingerprint density at radius 3 is 2.40 bits per heavy atom. The lowest BCUT2D eigenvalue weighted by Crippen LogP contribution is -2.56. The molecule has 0 unspecified atom stereocenters. The zero-order valence-corrected chi connectivity index (χ0v) is 18.8. The van der Waals surface area contributed by atoms with Crippen LogP contribution in [0.4, 0.5) is 10.5 Å². The van der Waals surface area contributed by atoms with Crippen LogP contribution in [0, 0.1) is 0 Å². The molecule has 0 heterocycles. The standard InChI is InChI=1S/C23H30ClN3O3/c1-5-6-10-15-30-18-13-14-19(24)20(16-18)25-22(29)26-27(23(2,3)4)21(28)17-11-8-7-9-12-17/h7-9,11-14,16H,5-6,10,15H2,1-4H3,(H2,25,26,29). The summed E-state index contributed by atoms with van der Waals surface area (Å²) >= 11 is 6.23. The molecule has 0 aliphatic carbocycles. The van der Waals surface area contributed by atoms with Crippen molar-refractivity contribution < 1.29 is 14.3 Å². The number of hydrogen-bond donors (Lipinski definition) is 2. The van der Waals surface area contributed by atoms with E-state index in [0.29, 0.717) is 28.6 Å². The third-order valence-corrected chi connectivity index (χ3v) is 4.64. The van der Waals surface area contributed by atoms with Crippen molar-refractivity contribution >= 4 is 29.2 Å². The molecule has 0 saturated heterocycles. The first-order valence-corrected chi connectivity index (χ1v) is 10.5. The van der Waals surface area contributed by atoms with Gasteiger partial charge in [0.25, 0.3) is 5.91 Å². The molecule has 0 radical (unpaired) electrons. The number of urea groups is 1. The maximum atomic E-state index is 12.9. The van der Waals surface area contributed by atoms with Crippen LogP contribution in [0.25, 0.3) is 0 Å². The molecule has 162 valence electrons. The van der Waals surface area contributed by atoms with E-state index < -0.39 is 11.6 Å². The molecule has 2 aromatic carbocycles. The Hall–Kier alpha value is -2.73. The number of nitrogens with zero attached hydrogens (tertiary/aromatic N) is 1. The maximum Gasteiger partial charge on any atom is 0.338 e. The summed E-state index contributed by atoms with van der Waals surface area (Å²) in [6.45, 7) is 8.25. The van der Waals surface area contributed by atoms with E-state index in [2.05, 4.69) is 17.7 Å². The number of carbonyl (C=O) groups is 2. The van der Waals surface area contributed by atoms with Crippen LogP contribution in [-0.2, 0) is 0 Å². The van der Waals surface area contributed by atoms with Gasteiger partial charge in [0.15, 0.2) is 0 Å². The van der Waals surface area contributed by atoms with Crippen LogP contribution in [0.5, 0.6) is 5.75 Å². The van der Waals surface area contributed by atoms with E-state index in [4.69, 9.17) is 16.3 Å². The first kappa shape index (κ1) is 23.5. The number of carbonyl (C=O) groups excluding carboxylic acids is 2. The van der Waals surface area contributed by atoms with Gasteiger partial charge in [0.05, 0.1) is 22.9 Å². The number of hydrazine groups is 1. The van der Waals surface area contributed by atoms with Crippen LogP contribution in [0.15, 0.2) is 48.5 Å². The second-order valence-electron chi connectivity index (χ2n) is 7.94. The van der Waals surface area contributed by atoms with Gasteiger partial charge < -0.3 is 10.1 Å². The third kappa shape index (κ3) is 6.95. The average Bonchev–Trinajstić information content (AvgIpc) is 2.71. The van der Waals surface area contributed by atoms with Crippen molar-refractivity contribution in [2.75, 3.05) is 11.9 Å². The van der Waals surface area contributed by atoms with Crippen molar-refractivity contribution in [1.29, 1.82) is 0 Å². The molecule has 3 amide bonds. The Labute approximate surface area is 183 Å². The van der Waals surface area contributed by atoms with Gasteiger partial charge in [-0.3, -0.25) is 4.79 Å². The van der Waals surface area contributed by atoms with Crippen molar-refractivity contribution in [2.45, 2.75) is 52.5 Å². The highest BCUT2D eigenvalue weighted by molar-refractivity contribution is 6.33. The van der Waals surface area contributed by atoms with E-state index >= 15 is 0 Å². The fourth-order valence-corrected chi connectivity index (χ4v) is 2.88. The van der Waals surface area contributed by atoms with Gasteiger partial charge in [0, 0.05) is 11.6 Å². The lowest BCUT2D eigenvalue weighted by molar-refractivity contribution is 0.0460. The minimum absolute atomic E-state index is 0.308. The van der Waals surface area contributed by atoms with E-state index in [1.54, 1.807) is 42.5 Å². The molecular weight excluding hydrogens is 402 g/mol. The Morgan fingerprint density at radius 1 is 1.07 bits per heavy atom. The van der Waals surface area contributed by atoms with Gasteiger partial charge in [-0.2, -0.15) is 0 Å². The Kier molecular flexibility index (Phi) is 8.54. The first-order valence-electron chi connectivity index (χ1n) is 10.1. The van der Waals surface area contributed by atoms with Crippen molar-refractivity contribution in [3.05, 3.63) is 59.1 Å². The fourth-order valence-electron chi connectivity index (χ4n) is 2.72. The van der Waals surface area contributed by atoms with Crippen LogP contribution in [0.3, 0.4) is 0 Å². The summed E-state index contributed by atoms with van der Waals surface area (Å²) in [6, 6.07) is 13.3. The molecule has 0 aliphatic rings. The zero-order chi connectivity index (χ0) is 22.1. The quantitative estimate of drug-likeness (QED) is 0.424. The van der Waals surface area contributed by atoms with Gasteiger partial charge in [0.1, 0.15) is 5.75 Å². The molecule has 7 heteroatoms. The van der Waals surface area contributed by atoms with E-state index in [1.807, 2.05) is 26.8 Å². The normalized spacial score (nSPS) is 11.0. The van der Waals surface area contributed by atoms with Crippen LogP contribution in [-0.4, -0.2) is 29.1 Å². The van der Waals surface area contributed by atoms with Crippen molar-refractivity contribution in [3.8, 4) is 5.75 Å². The van der Waals surface area contributed by atoms with Crippen LogP contribution < -0.4 is 15.5 Å². The van der Waals surface area contributed by atoms with E-state index in [-0.39, 0.29) is 5.91 Å². The van der Waals surface area contributed by atoms with Gasteiger partial charge >= 0.3 is 6.03 Å². The second kappa shape index (κ2) is 10.9. The molecule has 0 spiro atoms. The highest BCUT2D eigenvalue weighted by atomic mass is 35.5. The minimum Gasteiger partial charge on any atom is -0.494 e. The predicted molar refractivity (Wildman–Crippen MR) is 121 cm³/mol. The first-order chi connectivity index (χ1) is 14.2. The van der Waals surface area contributed by atoms with E-state index in [9.17, 15) is 9.59 Å². The number of rotatable bonds is 7. The largest absolute Gasteiger partial charge is 0.494 e. The number of anilines is 1. The van der Waals surface area contributed by atoms with Gasteiger partial charge in [-0.05, 0) is 51.5 Å². The number of hydrogen-bond acceptors (Lipinski definition) is 3. The molecule has 6 nitrogen and oxygen atoms in total. The molecule has 2 aromatic rings. The number of unbranched alkanes of at least 4 members (excludes halogenated alkanes) is 2. The van der Waals surface area contributed by atoms with Gasteiger partial charge in [-0.15, -0.1) is 0 Å². The molecule has 0 saturated carbocycles. The van der Waals surface area contributed by atoms with Gasteiger partial charge in [-0.1, -0.05) is 49.6 Å². The maximum absolute atomic E-state index is 12.9. The molecule has 0 aliphatic heterocycles. The highest BCUT2D eigenvalue weighted by Gasteiger charge is 2.29. The molecule has 2 N–H and O–H groups in total. The monoisotopic (exact) mass is 431 g/mol. The zero-order valence-electron chi connectivity index (χ0n) is 18.0. The summed E-state index contributed by atoms with van der Waals surface area (Å²) in [5.41, 5.74) is 2.89. The fraction of sp³-hybridized carbons (Fsp3) is 0.391.